The summed E-state index contributed by atoms with van der Waals surface area (Å²) in [5, 5.41) is 8.52. The Kier molecular flexibility index (Phi) is 2.88. The summed E-state index contributed by atoms with van der Waals surface area (Å²) in [5.74, 6) is 0.259. The summed E-state index contributed by atoms with van der Waals surface area (Å²) < 4.78 is 26.2. The largest absolute Gasteiger partial charge is 0.495 e. The Morgan fingerprint density at radius 3 is 2.62 bits per heavy atom. The molecular formula is C8H7NO3S. The van der Waals surface area contributed by atoms with Crippen LogP contribution in [0.25, 0.3) is 0 Å². The molecule has 0 bridgehead atoms. The van der Waals surface area contributed by atoms with Crippen LogP contribution in [-0.4, -0.2) is 15.5 Å². The standard InChI is InChI=1S/C8H7NO3S/c1-12-7-3-2-6(5-9)4-8(7)13(10)11/h2-4,13H,1H3. The van der Waals surface area contributed by atoms with Crippen LogP contribution in [0.2, 0.25) is 0 Å². The molecule has 4 nitrogen and oxygen atoms in total. The van der Waals surface area contributed by atoms with Crippen molar-refractivity contribution in [2.45, 2.75) is 4.90 Å². The highest BCUT2D eigenvalue weighted by molar-refractivity contribution is 7.72. The minimum Gasteiger partial charge on any atom is -0.495 e. The minimum absolute atomic E-state index is 0.0385. The normalized spacial score (nSPS) is 9.62. The number of hydrogen-bond acceptors (Lipinski definition) is 4. The van der Waals surface area contributed by atoms with Gasteiger partial charge < -0.3 is 4.74 Å². The molecule has 0 spiro atoms. The second kappa shape index (κ2) is 3.92. The lowest BCUT2D eigenvalue weighted by Crippen LogP contribution is -1.90. The predicted octanol–water partition coefficient (Wildman–Crippen LogP) is 0.537. The second-order valence-corrected chi connectivity index (χ2v) is 3.25. The van der Waals surface area contributed by atoms with Gasteiger partial charge in [0, 0.05) is 0 Å². The third-order valence-electron chi connectivity index (χ3n) is 1.50. The van der Waals surface area contributed by atoms with Crippen molar-refractivity contribution in [1.29, 1.82) is 5.26 Å². The number of rotatable bonds is 2. The molecule has 0 heterocycles. The number of ether oxygens (including phenoxy) is 1. The van der Waals surface area contributed by atoms with Gasteiger partial charge in [-0.05, 0) is 18.2 Å². The third kappa shape index (κ3) is 1.98. The highest BCUT2D eigenvalue weighted by Gasteiger charge is 2.05. The van der Waals surface area contributed by atoms with Gasteiger partial charge in [0.25, 0.3) is 0 Å². The SMILES string of the molecule is COc1ccc(C#N)cc1[SH](=O)=O. The lowest BCUT2D eigenvalue weighted by molar-refractivity contribution is 0.403. The van der Waals surface area contributed by atoms with E-state index < -0.39 is 10.7 Å². The molecule has 0 unspecified atom stereocenters. The molecule has 0 fully saturated rings. The van der Waals surface area contributed by atoms with E-state index in [0.717, 1.165) is 0 Å². The molecule has 68 valence electrons. The van der Waals surface area contributed by atoms with E-state index in [1.807, 2.05) is 6.07 Å². The van der Waals surface area contributed by atoms with E-state index in [4.69, 9.17) is 10.00 Å². The van der Waals surface area contributed by atoms with Crippen molar-refractivity contribution in [3.05, 3.63) is 23.8 Å². The van der Waals surface area contributed by atoms with Crippen LogP contribution in [0.3, 0.4) is 0 Å². The van der Waals surface area contributed by atoms with Crippen LogP contribution in [0.4, 0.5) is 0 Å². The summed E-state index contributed by atoms with van der Waals surface area (Å²) >= 11 is 0. The first-order valence-corrected chi connectivity index (χ1v) is 4.59. The Hall–Kier alpha value is -1.54. The molecule has 0 saturated carbocycles. The van der Waals surface area contributed by atoms with Crippen molar-refractivity contribution in [1.82, 2.24) is 0 Å². The average molecular weight is 197 g/mol. The lowest BCUT2D eigenvalue weighted by Gasteiger charge is -2.01. The fraction of sp³-hybridized carbons (Fsp3) is 0.125. The number of hydrogen-bond donors (Lipinski definition) is 1. The molecule has 13 heavy (non-hydrogen) atoms. The van der Waals surface area contributed by atoms with E-state index in [-0.39, 0.29) is 10.6 Å². The zero-order chi connectivity index (χ0) is 9.84. The van der Waals surface area contributed by atoms with Crippen molar-refractivity contribution in [2.24, 2.45) is 0 Å². The molecule has 5 heteroatoms. The molecule has 0 N–H and O–H groups in total. The monoisotopic (exact) mass is 197 g/mol. The van der Waals surface area contributed by atoms with Gasteiger partial charge in [-0.1, -0.05) is 0 Å². The topological polar surface area (TPSA) is 67.2 Å². The fourth-order valence-corrected chi connectivity index (χ4v) is 1.49. The Morgan fingerprint density at radius 2 is 2.15 bits per heavy atom. The molecule has 0 aromatic heterocycles. The Balaban J connectivity index is 3.36. The highest BCUT2D eigenvalue weighted by Crippen LogP contribution is 2.20. The van der Waals surface area contributed by atoms with Gasteiger partial charge in [0.05, 0.1) is 18.7 Å². The summed E-state index contributed by atoms with van der Waals surface area (Å²) in [6, 6.07) is 6.09. The molecule has 0 atom stereocenters. The maximum absolute atomic E-state index is 10.7. The molecule has 1 aromatic rings. The number of methoxy groups -OCH3 is 1. The zero-order valence-electron chi connectivity index (χ0n) is 6.85. The molecular weight excluding hydrogens is 190 g/mol. The maximum Gasteiger partial charge on any atom is 0.172 e. The first-order valence-electron chi connectivity index (χ1n) is 3.41. The summed E-state index contributed by atoms with van der Waals surface area (Å²) in [5.41, 5.74) is 0.301. The summed E-state index contributed by atoms with van der Waals surface area (Å²) in [7, 11) is -1.34. The van der Waals surface area contributed by atoms with Gasteiger partial charge >= 0.3 is 0 Å². The second-order valence-electron chi connectivity index (χ2n) is 2.26. The van der Waals surface area contributed by atoms with Gasteiger partial charge in [0.15, 0.2) is 10.7 Å². The number of nitrogens with zero attached hydrogens (tertiary/aromatic N) is 1. The Labute approximate surface area is 77.3 Å². The van der Waals surface area contributed by atoms with Crippen LogP contribution in [0.15, 0.2) is 23.1 Å². The van der Waals surface area contributed by atoms with Crippen LogP contribution in [0.5, 0.6) is 5.75 Å². The van der Waals surface area contributed by atoms with Crippen molar-refractivity contribution in [2.75, 3.05) is 7.11 Å². The number of nitriles is 1. The van der Waals surface area contributed by atoms with Gasteiger partial charge in [-0.2, -0.15) is 5.26 Å². The smallest absolute Gasteiger partial charge is 0.172 e. The third-order valence-corrected chi connectivity index (χ3v) is 2.25. The minimum atomic E-state index is -2.72. The highest BCUT2D eigenvalue weighted by atomic mass is 32.2. The van der Waals surface area contributed by atoms with Gasteiger partial charge in [0.2, 0.25) is 0 Å². The van der Waals surface area contributed by atoms with Gasteiger partial charge in [-0.15, -0.1) is 0 Å². The van der Waals surface area contributed by atoms with E-state index >= 15 is 0 Å². The van der Waals surface area contributed by atoms with Crippen molar-refractivity contribution >= 4 is 10.7 Å². The summed E-state index contributed by atoms with van der Waals surface area (Å²) in [6.45, 7) is 0. The molecule has 1 rings (SSSR count). The van der Waals surface area contributed by atoms with E-state index in [1.165, 1.54) is 25.3 Å². The zero-order valence-corrected chi connectivity index (χ0v) is 7.75. The molecule has 0 aliphatic carbocycles. The summed E-state index contributed by atoms with van der Waals surface area (Å²) in [6.07, 6.45) is 0. The van der Waals surface area contributed by atoms with Crippen LogP contribution in [-0.2, 0) is 10.7 Å². The van der Waals surface area contributed by atoms with Crippen LogP contribution < -0.4 is 4.74 Å². The van der Waals surface area contributed by atoms with Gasteiger partial charge in [-0.25, -0.2) is 8.42 Å². The summed E-state index contributed by atoms with van der Waals surface area (Å²) in [4.78, 5) is 0.0385. The molecule has 0 radical (unpaired) electrons. The first kappa shape index (κ1) is 9.55. The molecule has 0 amide bonds. The van der Waals surface area contributed by atoms with Crippen molar-refractivity contribution < 1.29 is 13.2 Å². The van der Waals surface area contributed by atoms with Crippen LogP contribution >= 0.6 is 0 Å². The van der Waals surface area contributed by atoms with E-state index in [9.17, 15) is 8.42 Å². The van der Waals surface area contributed by atoms with Crippen molar-refractivity contribution in [3.63, 3.8) is 0 Å². The van der Waals surface area contributed by atoms with Crippen LogP contribution in [0.1, 0.15) is 5.56 Å². The molecule has 1 aromatic carbocycles. The maximum atomic E-state index is 10.7. The lowest BCUT2D eigenvalue weighted by atomic mass is 10.2. The van der Waals surface area contributed by atoms with E-state index in [2.05, 4.69) is 0 Å². The number of benzene rings is 1. The Bertz CT molecular complexity index is 424. The van der Waals surface area contributed by atoms with E-state index in [0.29, 0.717) is 5.56 Å². The number of thiol groups is 1. The van der Waals surface area contributed by atoms with Crippen molar-refractivity contribution in [3.8, 4) is 11.8 Å². The molecule has 0 aliphatic rings. The van der Waals surface area contributed by atoms with Gasteiger partial charge in [-0.3, -0.25) is 0 Å². The van der Waals surface area contributed by atoms with Crippen LogP contribution in [0, 0.1) is 11.3 Å². The average Bonchev–Trinajstić information content (AvgIpc) is 2.16. The fourth-order valence-electron chi connectivity index (χ4n) is 0.902. The molecule has 0 saturated heterocycles. The predicted molar refractivity (Wildman–Crippen MR) is 46.3 cm³/mol. The molecule has 0 aliphatic heterocycles. The first-order chi connectivity index (χ1) is 6.19. The van der Waals surface area contributed by atoms with Gasteiger partial charge in [0.1, 0.15) is 10.6 Å². The Morgan fingerprint density at radius 1 is 1.46 bits per heavy atom. The van der Waals surface area contributed by atoms with E-state index in [1.54, 1.807) is 0 Å². The quantitative estimate of drug-likeness (QED) is 0.702.